The van der Waals surface area contributed by atoms with Gasteiger partial charge in [0, 0.05) is 10.2 Å². The smallest absolute Gasteiger partial charge is 0.147 e. The van der Waals surface area contributed by atoms with E-state index < -0.39 is 0 Å². The van der Waals surface area contributed by atoms with Gasteiger partial charge in [0.2, 0.25) is 0 Å². The molecule has 0 aliphatic heterocycles. The molecule has 2 aromatic rings. The Morgan fingerprint density at radius 3 is 2.44 bits per heavy atom. The SMILES string of the molecule is Cc1nc(C)n(-c2ccc(Br)cc2)c1C#N. The van der Waals surface area contributed by atoms with E-state index in [2.05, 4.69) is 27.0 Å². The van der Waals surface area contributed by atoms with Crippen molar-refractivity contribution in [2.24, 2.45) is 0 Å². The van der Waals surface area contributed by atoms with Gasteiger partial charge < -0.3 is 0 Å². The molecule has 2 rings (SSSR count). The van der Waals surface area contributed by atoms with Gasteiger partial charge >= 0.3 is 0 Å². The standard InChI is InChI=1S/C12H10BrN3/c1-8-12(7-14)16(9(2)15-8)11-5-3-10(13)4-6-11/h3-6H,1-2H3. The number of rotatable bonds is 1. The normalized spacial score (nSPS) is 10.1. The third-order valence-corrected chi connectivity index (χ3v) is 2.94. The van der Waals surface area contributed by atoms with Crippen molar-refractivity contribution in [1.82, 2.24) is 9.55 Å². The van der Waals surface area contributed by atoms with Crippen LogP contribution >= 0.6 is 15.9 Å². The summed E-state index contributed by atoms with van der Waals surface area (Å²) < 4.78 is 2.88. The Kier molecular flexibility index (Phi) is 2.80. The Morgan fingerprint density at radius 2 is 1.88 bits per heavy atom. The van der Waals surface area contributed by atoms with Crippen molar-refractivity contribution in [1.29, 1.82) is 5.26 Å². The third kappa shape index (κ3) is 1.74. The van der Waals surface area contributed by atoms with Crippen LogP contribution in [0, 0.1) is 25.2 Å². The average molecular weight is 276 g/mol. The zero-order chi connectivity index (χ0) is 11.7. The molecule has 1 aromatic carbocycles. The number of nitrogens with zero attached hydrogens (tertiary/aromatic N) is 3. The number of imidazole rings is 1. The predicted molar refractivity (Wildman–Crippen MR) is 65.5 cm³/mol. The quantitative estimate of drug-likeness (QED) is 0.803. The molecule has 0 N–H and O–H groups in total. The van der Waals surface area contributed by atoms with Gasteiger partial charge in [-0.15, -0.1) is 0 Å². The molecule has 80 valence electrons. The van der Waals surface area contributed by atoms with Crippen LogP contribution in [0.4, 0.5) is 0 Å². The van der Waals surface area contributed by atoms with Gasteiger partial charge in [0.1, 0.15) is 17.6 Å². The Hall–Kier alpha value is -1.60. The number of hydrogen-bond donors (Lipinski definition) is 0. The van der Waals surface area contributed by atoms with Crippen LogP contribution in [0.15, 0.2) is 28.7 Å². The van der Waals surface area contributed by atoms with Crippen LogP contribution in [0.3, 0.4) is 0 Å². The minimum atomic E-state index is 0.597. The zero-order valence-corrected chi connectivity index (χ0v) is 10.6. The number of halogens is 1. The molecule has 0 unspecified atom stereocenters. The van der Waals surface area contributed by atoms with Gasteiger partial charge in [-0.2, -0.15) is 5.26 Å². The van der Waals surface area contributed by atoms with Gasteiger partial charge in [0.15, 0.2) is 0 Å². The van der Waals surface area contributed by atoms with Crippen molar-refractivity contribution in [3.8, 4) is 11.8 Å². The van der Waals surface area contributed by atoms with Gasteiger partial charge in [-0.25, -0.2) is 4.98 Å². The molecule has 0 saturated carbocycles. The Morgan fingerprint density at radius 1 is 1.25 bits per heavy atom. The van der Waals surface area contributed by atoms with Crippen molar-refractivity contribution >= 4 is 15.9 Å². The minimum absolute atomic E-state index is 0.597. The number of aryl methyl sites for hydroxylation is 2. The van der Waals surface area contributed by atoms with Gasteiger partial charge in [-0.05, 0) is 38.1 Å². The highest BCUT2D eigenvalue weighted by molar-refractivity contribution is 9.10. The summed E-state index contributed by atoms with van der Waals surface area (Å²) in [7, 11) is 0. The summed E-state index contributed by atoms with van der Waals surface area (Å²) in [6.45, 7) is 3.75. The van der Waals surface area contributed by atoms with E-state index in [0.29, 0.717) is 5.69 Å². The molecule has 0 amide bonds. The van der Waals surface area contributed by atoms with Crippen LogP contribution in [0.2, 0.25) is 0 Å². The molecule has 0 spiro atoms. The third-order valence-electron chi connectivity index (χ3n) is 2.41. The van der Waals surface area contributed by atoms with E-state index in [1.165, 1.54) is 0 Å². The molecule has 0 radical (unpaired) electrons. The molecule has 1 heterocycles. The van der Waals surface area contributed by atoms with Crippen molar-refractivity contribution in [3.05, 3.63) is 46.0 Å². The first-order valence-electron chi connectivity index (χ1n) is 4.85. The molecule has 3 nitrogen and oxygen atoms in total. The van der Waals surface area contributed by atoms with Gasteiger partial charge in [-0.1, -0.05) is 15.9 Å². The number of nitriles is 1. The first-order valence-corrected chi connectivity index (χ1v) is 5.64. The highest BCUT2D eigenvalue weighted by Gasteiger charge is 2.12. The number of hydrogen-bond acceptors (Lipinski definition) is 2. The lowest BCUT2D eigenvalue weighted by atomic mass is 10.3. The highest BCUT2D eigenvalue weighted by Crippen LogP contribution is 2.19. The fourth-order valence-corrected chi connectivity index (χ4v) is 1.97. The summed E-state index contributed by atoms with van der Waals surface area (Å²) in [6, 6.07) is 10.0. The van der Waals surface area contributed by atoms with E-state index in [1.54, 1.807) is 0 Å². The Labute approximate surface area is 102 Å². The predicted octanol–water partition coefficient (Wildman–Crippen LogP) is 3.12. The summed E-state index contributed by atoms with van der Waals surface area (Å²) in [5.41, 5.74) is 2.32. The van der Waals surface area contributed by atoms with Gasteiger partial charge in [-0.3, -0.25) is 4.57 Å². The molecule has 0 aliphatic carbocycles. The van der Waals surface area contributed by atoms with E-state index in [9.17, 15) is 0 Å². The lowest BCUT2D eigenvalue weighted by molar-refractivity contribution is 0.960. The second kappa shape index (κ2) is 4.11. The Bertz CT molecular complexity index is 561. The second-order valence-electron chi connectivity index (χ2n) is 3.52. The van der Waals surface area contributed by atoms with E-state index in [-0.39, 0.29) is 0 Å². The minimum Gasteiger partial charge on any atom is -0.288 e. The summed E-state index contributed by atoms with van der Waals surface area (Å²) in [5, 5.41) is 9.11. The van der Waals surface area contributed by atoms with Crippen molar-refractivity contribution in [3.63, 3.8) is 0 Å². The van der Waals surface area contributed by atoms with Crippen LogP contribution in [0.1, 0.15) is 17.2 Å². The lowest BCUT2D eigenvalue weighted by Crippen LogP contribution is -1.99. The van der Waals surface area contributed by atoms with Crippen molar-refractivity contribution < 1.29 is 0 Å². The summed E-state index contributed by atoms with van der Waals surface area (Å²) in [6.07, 6.45) is 0. The average Bonchev–Trinajstić information content (AvgIpc) is 2.54. The second-order valence-corrected chi connectivity index (χ2v) is 4.43. The highest BCUT2D eigenvalue weighted by atomic mass is 79.9. The van der Waals surface area contributed by atoms with E-state index >= 15 is 0 Å². The van der Waals surface area contributed by atoms with E-state index in [0.717, 1.165) is 21.7 Å². The van der Waals surface area contributed by atoms with Crippen LogP contribution in [-0.2, 0) is 0 Å². The maximum Gasteiger partial charge on any atom is 0.147 e. The van der Waals surface area contributed by atoms with Crippen molar-refractivity contribution in [2.75, 3.05) is 0 Å². The topological polar surface area (TPSA) is 41.6 Å². The Balaban J connectivity index is 2.64. The summed E-state index contributed by atoms with van der Waals surface area (Å²) >= 11 is 3.39. The van der Waals surface area contributed by atoms with E-state index in [4.69, 9.17) is 5.26 Å². The van der Waals surface area contributed by atoms with Crippen LogP contribution in [0.5, 0.6) is 0 Å². The lowest BCUT2D eigenvalue weighted by Gasteiger charge is -2.06. The van der Waals surface area contributed by atoms with Gasteiger partial charge in [0.25, 0.3) is 0 Å². The fraction of sp³-hybridized carbons (Fsp3) is 0.167. The molecule has 0 bridgehead atoms. The number of benzene rings is 1. The molecular weight excluding hydrogens is 266 g/mol. The molecule has 0 saturated heterocycles. The molecule has 0 aliphatic rings. The summed E-state index contributed by atoms with van der Waals surface area (Å²) in [5.74, 6) is 0.830. The van der Waals surface area contributed by atoms with Crippen molar-refractivity contribution in [2.45, 2.75) is 13.8 Å². The molecule has 4 heteroatoms. The maximum atomic E-state index is 9.11. The fourth-order valence-electron chi connectivity index (χ4n) is 1.71. The van der Waals surface area contributed by atoms with Crippen LogP contribution < -0.4 is 0 Å². The molecule has 16 heavy (non-hydrogen) atoms. The summed E-state index contributed by atoms with van der Waals surface area (Å²) in [4.78, 5) is 4.31. The molecule has 1 aromatic heterocycles. The largest absolute Gasteiger partial charge is 0.288 e. The maximum absolute atomic E-state index is 9.11. The first kappa shape index (κ1) is 10.9. The van der Waals surface area contributed by atoms with Crippen LogP contribution in [-0.4, -0.2) is 9.55 Å². The molecule has 0 fully saturated rings. The molecule has 0 atom stereocenters. The molecular formula is C12H10BrN3. The monoisotopic (exact) mass is 275 g/mol. The zero-order valence-electron chi connectivity index (χ0n) is 9.03. The van der Waals surface area contributed by atoms with Gasteiger partial charge in [0.05, 0.1) is 5.69 Å². The number of aromatic nitrogens is 2. The first-order chi connectivity index (χ1) is 7.63. The van der Waals surface area contributed by atoms with E-state index in [1.807, 2.05) is 42.7 Å². The van der Waals surface area contributed by atoms with Crippen LogP contribution in [0.25, 0.3) is 5.69 Å².